The van der Waals surface area contributed by atoms with Crippen molar-refractivity contribution in [1.82, 2.24) is 0 Å². The molecule has 0 spiro atoms. The first-order valence-electron chi connectivity index (χ1n) is 6.55. The molecule has 1 aromatic carbocycles. The SMILES string of the molecule is CC1CC(Cc2ccccc2)C(=O)OCCC(=O)O1. The molecular formula is C15H18O4. The molecule has 1 fully saturated rings. The van der Waals surface area contributed by atoms with Crippen molar-refractivity contribution in [3.05, 3.63) is 35.9 Å². The van der Waals surface area contributed by atoms with Crippen LogP contribution in [0.5, 0.6) is 0 Å². The molecule has 0 radical (unpaired) electrons. The third kappa shape index (κ3) is 4.09. The molecule has 1 heterocycles. The molecular weight excluding hydrogens is 244 g/mol. The summed E-state index contributed by atoms with van der Waals surface area (Å²) in [6, 6.07) is 9.79. The Kier molecular flexibility index (Phi) is 4.55. The van der Waals surface area contributed by atoms with E-state index in [2.05, 4.69) is 0 Å². The predicted molar refractivity (Wildman–Crippen MR) is 69.4 cm³/mol. The molecule has 1 aromatic rings. The fraction of sp³-hybridized carbons (Fsp3) is 0.467. The number of carbonyl (C=O) groups excluding carboxylic acids is 2. The second kappa shape index (κ2) is 6.36. The minimum atomic E-state index is -0.305. The van der Waals surface area contributed by atoms with Gasteiger partial charge >= 0.3 is 11.9 Å². The molecule has 1 aliphatic heterocycles. The molecule has 2 rings (SSSR count). The summed E-state index contributed by atoms with van der Waals surface area (Å²) in [5.74, 6) is -0.807. The Morgan fingerprint density at radius 1 is 1.21 bits per heavy atom. The van der Waals surface area contributed by atoms with Gasteiger partial charge in [-0.2, -0.15) is 0 Å². The van der Waals surface area contributed by atoms with E-state index < -0.39 is 0 Å². The summed E-state index contributed by atoms with van der Waals surface area (Å²) in [5.41, 5.74) is 1.09. The van der Waals surface area contributed by atoms with E-state index in [-0.39, 0.29) is 37.0 Å². The number of rotatable bonds is 2. The summed E-state index contributed by atoms with van der Waals surface area (Å²) in [7, 11) is 0. The zero-order valence-electron chi connectivity index (χ0n) is 11.0. The number of hydrogen-bond donors (Lipinski definition) is 0. The van der Waals surface area contributed by atoms with Gasteiger partial charge in [0, 0.05) is 0 Å². The van der Waals surface area contributed by atoms with Crippen LogP contribution in [0.4, 0.5) is 0 Å². The molecule has 2 unspecified atom stereocenters. The highest BCUT2D eigenvalue weighted by atomic mass is 16.6. The van der Waals surface area contributed by atoms with Crippen LogP contribution in [0.2, 0.25) is 0 Å². The van der Waals surface area contributed by atoms with E-state index in [0.29, 0.717) is 12.8 Å². The molecule has 1 aliphatic rings. The summed E-state index contributed by atoms with van der Waals surface area (Å²) in [5, 5.41) is 0. The minimum Gasteiger partial charge on any atom is -0.465 e. The Bertz CT molecular complexity index is 441. The van der Waals surface area contributed by atoms with Crippen molar-refractivity contribution in [3.63, 3.8) is 0 Å². The average Bonchev–Trinajstić information content (AvgIpc) is 2.43. The van der Waals surface area contributed by atoms with Crippen LogP contribution in [0, 0.1) is 5.92 Å². The third-order valence-corrected chi connectivity index (χ3v) is 3.16. The molecule has 0 aliphatic carbocycles. The second-order valence-electron chi connectivity index (χ2n) is 4.84. The lowest BCUT2D eigenvalue weighted by atomic mass is 9.94. The van der Waals surface area contributed by atoms with Crippen molar-refractivity contribution in [2.24, 2.45) is 5.92 Å². The predicted octanol–water partition coefficient (Wildman–Crippen LogP) is 2.11. The molecule has 2 atom stereocenters. The molecule has 4 heteroatoms. The van der Waals surface area contributed by atoms with Crippen LogP contribution < -0.4 is 0 Å². The monoisotopic (exact) mass is 262 g/mol. The maximum atomic E-state index is 12.0. The Balaban J connectivity index is 2.07. The van der Waals surface area contributed by atoms with Gasteiger partial charge in [0.25, 0.3) is 0 Å². The van der Waals surface area contributed by atoms with Crippen LogP contribution in [0.15, 0.2) is 30.3 Å². The number of benzene rings is 1. The van der Waals surface area contributed by atoms with E-state index in [1.165, 1.54) is 0 Å². The second-order valence-corrected chi connectivity index (χ2v) is 4.84. The smallest absolute Gasteiger partial charge is 0.309 e. The van der Waals surface area contributed by atoms with E-state index in [0.717, 1.165) is 5.56 Å². The van der Waals surface area contributed by atoms with Crippen LogP contribution >= 0.6 is 0 Å². The van der Waals surface area contributed by atoms with Crippen molar-refractivity contribution in [1.29, 1.82) is 0 Å². The van der Waals surface area contributed by atoms with Gasteiger partial charge in [-0.25, -0.2) is 0 Å². The van der Waals surface area contributed by atoms with Crippen LogP contribution in [-0.2, 0) is 25.5 Å². The van der Waals surface area contributed by atoms with Crippen LogP contribution in [0.1, 0.15) is 25.3 Å². The highest BCUT2D eigenvalue weighted by Gasteiger charge is 2.26. The Morgan fingerprint density at radius 2 is 1.95 bits per heavy atom. The molecule has 0 N–H and O–H groups in total. The van der Waals surface area contributed by atoms with E-state index in [9.17, 15) is 9.59 Å². The molecule has 0 amide bonds. The van der Waals surface area contributed by atoms with E-state index in [1.54, 1.807) is 0 Å². The topological polar surface area (TPSA) is 52.6 Å². The molecule has 0 bridgehead atoms. The maximum Gasteiger partial charge on any atom is 0.309 e. The number of carbonyl (C=O) groups is 2. The van der Waals surface area contributed by atoms with Gasteiger partial charge in [0.05, 0.1) is 18.4 Å². The Hall–Kier alpha value is -1.84. The average molecular weight is 262 g/mol. The van der Waals surface area contributed by atoms with Crippen molar-refractivity contribution >= 4 is 11.9 Å². The summed E-state index contributed by atoms with van der Waals surface area (Å²) >= 11 is 0. The Labute approximate surface area is 112 Å². The summed E-state index contributed by atoms with van der Waals surface area (Å²) in [4.78, 5) is 23.3. The number of ether oxygens (including phenoxy) is 2. The van der Waals surface area contributed by atoms with Crippen molar-refractivity contribution in [2.45, 2.75) is 32.3 Å². The normalized spacial score (nSPS) is 24.7. The number of esters is 2. The lowest BCUT2D eigenvalue weighted by Gasteiger charge is -2.18. The highest BCUT2D eigenvalue weighted by Crippen LogP contribution is 2.19. The first-order chi connectivity index (χ1) is 9.15. The summed E-state index contributed by atoms with van der Waals surface area (Å²) < 4.78 is 10.3. The van der Waals surface area contributed by atoms with Crippen LogP contribution in [0.3, 0.4) is 0 Å². The maximum absolute atomic E-state index is 12.0. The number of hydrogen-bond acceptors (Lipinski definition) is 4. The van der Waals surface area contributed by atoms with Crippen LogP contribution in [0.25, 0.3) is 0 Å². The van der Waals surface area contributed by atoms with Crippen molar-refractivity contribution < 1.29 is 19.1 Å². The van der Waals surface area contributed by atoms with Crippen LogP contribution in [-0.4, -0.2) is 24.6 Å². The van der Waals surface area contributed by atoms with Gasteiger partial charge in [0.1, 0.15) is 6.61 Å². The van der Waals surface area contributed by atoms with Gasteiger partial charge < -0.3 is 9.47 Å². The van der Waals surface area contributed by atoms with Gasteiger partial charge in [0.15, 0.2) is 0 Å². The number of cyclic esters (lactones) is 2. The van der Waals surface area contributed by atoms with Crippen molar-refractivity contribution in [2.75, 3.05) is 6.61 Å². The molecule has 1 saturated heterocycles. The fourth-order valence-electron chi connectivity index (χ4n) is 2.25. The largest absolute Gasteiger partial charge is 0.465 e. The molecule has 4 nitrogen and oxygen atoms in total. The molecule has 0 aromatic heterocycles. The van der Waals surface area contributed by atoms with E-state index in [4.69, 9.17) is 9.47 Å². The van der Waals surface area contributed by atoms with Crippen molar-refractivity contribution in [3.8, 4) is 0 Å². The van der Waals surface area contributed by atoms with Gasteiger partial charge in [0.2, 0.25) is 0 Å². The zero-order valence-corrected chi connectivity index (χ0v) is 11.0. The van der Waals surface area contributed by atoms with Gasteiger partial charge in [-0.05, 0) is 25.3 Å². The summed E-state index contributed by atoms with van der Waals surface area (Å²) in [6.07, 6.45) is 0.988. The Morgan fingerprint density at radius 3 is 2.68 bits per heavy atom. The van der Waals surface area contributed by atoms with E-state index >= 15 is 0 Å². The standard InChI is InChI=1S/C15H18O4/c1-11-9-13(10-12-5-3-2-4-6-12)15(17)18-8-7-14(16)19-11/h2-6,11,13H,7-10H2,1H3. The van der Waals surface area contributed by atoms with Gasteiger partial charge in [-0.15, -0.1) is 0 Å². The highest BCUT2D eigenvalue weighted by molar-refractivity contribution is 5.75. The lowest BCUT2D eigenvalue weighted by Crippen LogP contribution is -2.24. The summed E-state index contributed by atoms with van der Waals surface area (Å²) in [6.45, 7) is 1.92. The van der Waals surface area contributed by atoms with Gasteiger partial charge in [-0.1, -0.05) is 30.3 Å². The molecule has 19 heavy (non-hydrogen) atoms. The van der Waals surface area contributed by atoms with E-state index in [1.807, 2.05) is 37.3 Å². The minimum absolute atomic E-state index is 0.107. The zero-order chi connectivity index (χ0) is 13.7. The quantitative estimate of drug-likeness (QED) is 0.766. The molecule has 102 valence electrons. The molecule has 0 saturated carbocycles. The van der Waals surface area contributed by atoms with Gasteiger partial charge in [-0.3, -0.25) is 9.59 Å². The fourth-order valence-corrected chi connectivity index (χ4v) is 2.25. The third-order valence-electron chi connectivity index (χ3n) is 3.16. The first-order valence-corrected chi connectivity index (χ1v) is 6.55. The first kappa shape index (κ1) is 13.6. The lowest BCUT2D eigenvalue weighted by molar-refractivity contribution is -0.149.